The van der Waals surface area contributed by atoms with Crippen LogP contribution in [0.1, 0.15) is 26.7 Å². The Hall–Kier alpha value is -1.30. The zero-order valence-electron chi connectivity index (χ0n) is 11.2. The molecule has 1 heterocycles. The Morgan fingerprint density at radius 3 is 2.72 bits per heavy atom. The van der Waals surface area contributed by atoms with Crippen LogP contribution >= 0.6 is 0 Å². The van der Waals surface area contributed by atoms with Crippen LogP contribution in [0.2, 0.25) is 0 Å². The lowest BCUT2D eigenvalue weighted by molar-refractivity contribution is -0.146. The first kappa shape index (κ1) is 14.8. The number of amides is 2. The van der Waals surface area contributed by atoms with Gasteiger partial charge < -0.3 is 20.1 Å². The lowest BCUT2D eigenvalue weighted by atomic mass is 9.90. The average Bonchev–Trinajstić information content (AvgIpc) is 2.71. The highest BCUT2D eigenvalue weighted by Crippen LogP contribution is 2.29. The van der Waals surface area contributed by atoms with E-state index in [1.54, 1.807) is 18.9 Å². The van der Waals surface area contributed by atoms with Crippen molar-refractivity contribution in [1.82, 2.24) is 10.2 Å². The van der Waals surface area contributed by atoms with Gasteiger partial charge in [-0.15, -0.1) is 0 Å². The van der Waals surface area contributed by atoms with Crippen molar-refractivity contribution < 1.29 is 19.4 Å². The van der Waals surface area contributed by atoms with E-state index in [-0.39, 0.29) is 18.6 Å². The first-order valence-electron chi connectivity index (χ1n) is 6.17. The maximum Gasteiger partial charge on any atom is 0.317 e. The van der Waals surface area contributed by atoms with Crippen LogP contribution in [0.3, 0.4) is 0 Å². The lowest BCUT2D eigenvalue weighted by Crippen LogP contribution is -2.44. The molecule has 1 aliphatic rings. The van der Waals surface area contributed by atoms with Gasteiger partial charge in [0, 0.05) is 32.8 Å². The van der Waals surface area contributed by atoms with Gasteiger partial charge in [0.2, 0.25) is 0 Å². The van der Waals surface area contributed by atoms with E-state index in [1.807, 2.05) is 6.92 Å². The summed E-state index contributed by atoms with van der Waals surface area (Å²) in [6.45, 7) is 4.94. The van der Waals surface area contributed by atoms with Crippen molar-refractivity contribution in [1.29, 1.82) is 0 Å². The number of urea groups is 1. The van der Waals surface area contributed by atoms with E-state index in [0.29, 0.717) is 19.6 Å². The van der Waals surface area contributed by atoms with Gasteiger partial charge in [-0.1, -0.05) is 0 Å². The minimum Gasteiger partial charge on any atom is -0.481 e. The second-order valence-corrected chi connectivity index (χ2v) is 5.17. The van der Waals surface area contributed by atoms with Crippen LogP contribution in [0.15, 0.2) is 0 Å². The SMILES string of the molecule is COCCC(C)NC(=O)N1CCC(C)(C(=O)O)C1. The molecule has 1 saturated heterocycles. The summed E-state index contributed by atoms with van der Waals surface area (Å²) in [6, 6.07) is -0.169. The predicted octanol–water partition coefficient (Wildman–Crippen LogP) is 0.918. The molecule has 0 aromatic rings. The average molecular weight is 258 g/mol. The van der Waals surface area contributed by atoms with Crippen LogP contribution in [0.4, 0.5) is 4.79 Å². The summed E-state index contributed by atoms with van der Waals surface area (Å²) in [7, 11) is 1.62. The molecule has 0 aliphatic carbocycles. The predicted molar refractivity (Wildman–Crippen MR) is 66.4 cm³/mol. The molecule has 0 saturated carbocycles. The lowest BCUT2D eigenvalue weighted by Gasteiger charge is -2.22. The van der Waals surface area contributed by atoms with E-state index < -0.39 is 11.4 Å². The number of carbonyl (C=O) groups is 2. The molecule has 6 nitrogen and oxygen atoms in total. The third-order valence-corrected chi connectivity index (χ3v) is 3.40. The largest absolute Gasteiger partial charge is 0.481 e. The summed E-state index contributed by atoms with van der Waals surface area (Å²) < 4.78 is 4.94. The number of carboxylic acid groups (broad SMARTS) is 1. The number of aliphatic carboxylic acids is 1. The van der Waals surface area contributed by atoms with Crippen LogP contribution in [0.25, 0.3) is 0 Å². The topological polar surface area (TPSA) is 78.9 Å². The van der Waals surface area contributed by atoms with E-state index in [2.05, 4.69) is 5.32 Å². The van der Waals surface area contributed by atoms with Gasteiger partial charge in [-0.3, -0.25) is 4.79 Å². The third kappa shape index (κ3) is 3.60. The van der Waals surface area contributed by atoms with Gasteiger partial charge in [0.05, 0.1) is 5.41 Å². The normalized spacial score (nSPS) is 24.9. The second kappa shape index (κ2) is 6.04. The van der Waals surface area contributed by atoms with Gasteiger partial charge in [0.1, 0.15) is 0 Å². The summed E-state index contributed by atoms with van der Waals surface area (Å²) in [5.74, 6) is -0.842. The summed E-state index contributed by atoms with van der Waals surface area (Å²) >= 11 is 0. The Morgan fingerprint density at radius 2 is 2.22 bits per heavy atom. The molecule has 1 rings (SSSR count). The highest BCUT2D eigenvalue weighted by atomic mass is 16.5. The molecule has 0 radical (unpaired) electrons. The zero-order chi connectivity index (χ0) is 13.8. The summed E-state index contributed by atoms with van der Waals surface area (Å²) in [4.78, 5) is 24.6. The van der Waals surface area contributed by atoms with Crippen molar-refractivity contribution in [2.24, 2.45) is 5.41 Å². The molecule has 0 aromatic carbocycles. The zero-order valence-corrected chi connectivity index (χ0v) is 11.2. The second-order valence-electron chi connectivity index (χ2n) is 5.17. The van der Waals surface area contributed by atoms with Gasteiger partial charge in [-0.2, -0.15) is 0 Å². The number of carboxylic acids is 1. The Bertz CT molecular complexity index is 321. The molecule has 18 heavy (non-hydrogen) atoms. The number of hydrogen-bond acceptors (Lipinski definition) is 3. The Morgan fingerprint density at radius 1 is 1.56 bits per heavy atom. The van der Waals surface area contributed by atoms with Gasteiger partial charge in [-0.05, 0) is 26.7 Å². The molecule has 2 unspecified atom stereocenters. The van der Waals surface area contributed by atoms with Gasteiger partial charge in [0.15, 0.2) is 0 Å². The van der Waals surface area contributed by atoms with Gasteiger partial charge >= 0.3 is 12.0 Å². The maximum absolute atomic E-state index is 11.9. The molecule has 2 amide bonds. The fraction of sp³-hybridized carbons (Fsp3) is 0.833. The van der Waals surface area contributed by atoms with E-state index in [4.69, 9.17) is 9.84 Å². The number of carbonyl (C=O) groups excluding carboxylic acids is 1. The van der Waals surface area contributed by atoms with Crippen LogP contribution in [-0.2, 0) is 9.53 Å². The minimum absolute atomic E-state index is 0.0223. The van der Waals surface area contributed by atoms with Crippen molar-refractivity contribution in [2.45, 2.75) is 32.7 Å². The maximum atomic E-state index is 11.9. The first-order valence-corrected chi connectivity index (χ1v) is 6.17. The number of nitrogens with one attached hydrogen (secondary N) is 1. The van der Waals surface area contributed by atoms with Crippen molar-refractivity contribution >= 4 is 12.0 Å². The highest BCUT2D eigenvalue weighted by molar-refractivity contribution is 5.79. The molecule has 1 fully saturated rings. The fourth-order valence-electron chi connectivity index (χ4n) is 1.98. The van der Waals surface area contributed by atoms with E-state index >= 15 is 0 Å². The molecule has 6 heteroatoms. The van der Waals surface area contributed by atoms with Crippen molar-refractivity contribution in [3.8, 4) is 0 Å². The molecular weight excluding hydrogens is 236 g/mol. The van der Waals surface area contributed by atoms with Crippen molar-refractivity contribution in [2.75, 3.05) is 26.8 Å². The molecular formula is C12H22N2O4. The molecule has 2 N–H and O–H groups in total. The Labute approximate surface area is 107 Å². The van der Waals surface area contributed by atoms with Gasteiger partial charge in [0.25, 0.3) is 0 Å². The van der Waals surface area contributed by atoms with Crippen LogP contribution in [0, 0.1) is 5.41 Å². The third-order valence-electron chi connectivity index (χ3n) is 3.40. The molecule has 104 valence electrons. The first-order chi connectivity index (χ1) is 8.39. The molecule has 0 spiro atoms. The van der Waals surface area contributed by atoms with Crippen LogP contribution in [-0.4, -0.2) is 54.9 Å². The number of ether oxygens (including phenoxy) is 1. The minimum atomic E-state index is -0.842. The van der Waals surface area contributed by atoms with Crippen molar-refractivity contribution in [3.05, 3.63) is 0 Å². The van der Waals surface area contributed by atoms with Crippen LogP contribution in [0.5, 0.6) is 0 Å². The molecule has 1 aliphatic heterocycles. The molecule has 2 atom stereocenters. The number of rotatable bonds is 5. The highest BCUT2D eigenvalue weighted by Gasteiger charge is 2.42. The Kier molecular flexibility index (Phi) is 4.95. The van der Waals surface area contributed by atoms with Crippen LogP contribution < -0.4 is 5.32 Å². The number of methoxy groups -OCH3 is 1. The summed E-state index contributed by atoms with van der Waals surface area (Å²) in [5, 5.41) is 11.9. The summed E-state index contributed by atoms with van der Waals surface area (Å²) in [6.07, 6.45) is 1.24. The standard InChI is InChI=1S/C12H22N2O4/c1-9(4-7-18-3)13-11(17)14-6-5-12(2,8-14)10(15)16/h9H,4-8H2,1-3H3,(H,13,17)(H,15,16). The van der Waals surface area contributed by atoms with E-state index in [9.17, 15) is 9.59 Å². The van der Waals surface area contributed by atoms with Gasteiger partial charge in [-0.25, -0.2) is 4.79 Å². The number of nitrogens with zero attached hydrogens (tertiary/aromatic N) is 1. The number of likely N-dealkylation sites (tertiary alicyclic amines) is 1. The fourth-order valence-corrected chi connectivity index (χ4v) is 1.98. The van der Waals surface area contributed by atoms with E-state index in [0.717, 1.165) is 6.42 Å². The summed E-state index contributed by atoms with van der Waals surface area (Å²) in [5.41, 5.74) is -0.812. The monoisotopic (exact) mass is 258 g/mol. The molecule has 0 bridgehead atoms. The quantitative estimate of drug-likeness (QED) is 0.768. The Balaban J connectivity index is 2.43. The smallest absolute Gasteiger partial charge is 0.317 e. The van der Waals surface area contributed by atoms with E-state index in [1.165, 1.54) is 0 Å². The number of hydrogen-bond donors (Lipinski definition) is 2. The van der Waals surface area contributed by atoms with Crippen molar-refractivity contribution in [3.63, 3.8) is 0 Å². The molecule has 0 aromatic heterocycles.